The molecule has 0 aromatic carbocycles. The first kappa shape index (κ1) is 13.2. The van der Waals surface area contributed by atoms with Crippen LogP contribution in [0.4, 0.5) is 0 Å². The number of hydrogen-bond donors (Lipinski definition) is 1. The summed E-state index contributed by atoms with van der Waals surface area (Å²) in [5.41, 5.74) is 0. The molecule has 0 bridgehead atoms. The van der Waals surface area contributed by atoms with Crippen molar-refractivity contribution < 1.29 is 9.90 Å². The molecule has 0 spiro atoms. The Balaban J connectivity index is 2.66. The lowest BCUT2D eigenvalue weighted by molar-refractivity contribution is -0.139. The molecule has 0 aliphatic heterocycles. The maximum atomic E-state index is 10.8. The van der Waals surface area contributed by atoms with Crippen molar-refractivity contribution in [2.75, 3.05) is 13.1 Å². The molecule has 1 N–H and O–H groups in total. The van der Waals surface area contributed by atoms with E-state index in [1.165, 1.54) is 12.8 Å². The third-order valence-electron chi connectivity index (χ3n) is 3.59. The van der Waals surface area contributed by atoms with Crippen LogP contribution in [0.1, 0.15) is 33.1 Å². The summed E-state index contributed by atoms with van der Waals surface area (Å²) in [4.78, 5) is 12.9. The average Bonchev–Trinajstić information content (AvgIpc) is 2.20. The van der Waals surface area contributed by atoms with Gasteiger partial charge in [0.1, 0.15) is 0 Å². The molecule has 3 nitrogen and oxygen atoms in total. The highest BCUT2D eigenvalue weighted by Crippen LogP contribution is 2.31. The second-order valence-electron chi connectivity index (χ2n) is 5.07. The van der Waals surface area contributed by atoms with Gasteiger partial charge in [-0.15, -0.1) is 6.58 Å². The van der Waals surface area contributed by atoms with Crippen molar-refractivity contribution in [1.82, 2.24) is 4.90 Å². The molecule has 3 heteroatoms. The molecule has 0 amide bonds. The van der Waals surface area contributed by atoms with Gasteiger partial charge in [-0.25, -0.2) is 0 Å². The van der Waals surface area contributed by atoms with Gasteiger partial charge in [-0.1, -0.05) is 26.3 Å². The van der Waals surface area contributed by atoms with Crippen molar-refractivity contribution in [3.63, 3.8) is 0 Å². The summed E-state index contributed by atoms with van der Waals surface area (Å²) < 4.78 is 0. The second kappa shape index (κ2) is 6.04. The summed E-state index contributed by atoms with van der Waals surface area (Å²) in [6.45, 7) is 9.01. The minimum absolute atomic E-state index is 0.133. The van der Waals surface area contributed by atoms with Crippen LogP contribution in [0, 0.1) is 11.8 Å². The van der Waals surface area contributed by atoms with Crippen LogP contribution in [0.15, 0.2) is 12.7 Å². The molecule has 0 heterocycles. The van der Waals surface area contributed by atoms with Crippen LogP contribution in [-0.4, -0.2) is 35.1 Å². The van der Waals surface area contributed by atoms with E-state index >= 15 is 0 Å². The highest BCUT2D eigenvalue weighted by atomic mass is 16.4. The van der Waals surface area contributed by atoms with E-state index in [1.807, 2.05) is 0 Å². The van der Waals surface area contributed by atoms with Gasteiger partial charge < -0.3 is 5.11 Å². The van der Waals surface area contributed by atoms with Gasteiger partial charge >= 0.3 is 5.97 Å². The lowest BCUT2D eigenvalue weighted by atomic mass is 9.79. The molecule has 92 valence electrons. The third-order valence-corrected chi connectivity index (χ3v) is 3.59. The Morgan fingerprint density at radius 2 is 2.19 bits per heavy atom. The molecule has 0 aromatic rings. The summed E-state index contributed by atoms with van der Waals surface area (Å²) in [7, 11) is 0. The standard InChI is InChI=1S/C13H23NO2/c1-4-7-14(9-13(15)16)12-8-10(2)5-6-11(12)3/h4,10-12H,1,5-9H2,2-3H3,(H,15,16). The van der Waals surface area contributed by atoms with E-state index in [9.17, 15) is 4.79 Å². The van der Waals surface area contributed by atoms with Crippen LogP contribution in [0.5, 0.6) is 0 Å². The Morgan fingerprint density at radius 3 is 2.75 bits per heavy atom. The molecular formula is C13H23NO2. The van der Waals surface area contributed by atoms with Gasteiger partial charge in [-0.05, 0) is 24.7 Å². The summed E-state index contributed by atoms with van der Waals surface area (Å²) in [6.07, 6.45) is 5.39. The van der Waals surface area contributed by atoms with Gasteiger partial charge in [0.2, 0.25) is 0 Å². The van der Waals surface area contributed by atoms with Gasteiger partial charge in [0.05, 0.1) is 6.54 Å². The molecule has 3 atom stereocenters. The number of carbonyl (C=O) groups is 1. The van der Waals surface area contributed by atoms with Gasteiger partial charge in [0, 0.05) is 12.6 Å². The first-order valence-corrected chi connectivity index (χ1v) is 6.11. The fourth-order valence-corrected chi connectivity index (χ4v) is 2.67. The zero-order valence-corrected chi connectivity index (χ0v) is 10.4. The van der Waals surface area contributed by atoms with Crippen LogP contribution in [0.3, 0.4) is 0 Å². The van der Waals surface area contributed by atoms with Crippen molar-refractivity contribution in [2.45, 2.75) is 39.2 Å². The van der Waals surface area contributed by atoms with Gasteiger partial charge in [-0.3, -0.25) is 9.69 Å². The number of carboxylic acid groups (broad SMARTS) is 1. The Morgan fingerprint density at radius 1 is 1.50 bits per heavy atom. The fraction of sp³-hybridized carbons (Fsp3) is 0.769. The van der Waals surface area contributed by atoms with E-state index in [0.29, 0.717) is 24.4 Å². The highest BCUT2D eigenvalue weighted by molar-refractivity contribution is 5.69. The topological polar surface area (TPSA) is 40.5 Å². The maximum absolute atomic E-state index is 10.8. The predicted molar refractivity (Wildman–Crippen MR) is 65.4 cm³/mol. The second-order valence-corrected chi connectivity index (χ2v) is 5.07. The summed E-state index contributed by atoms with van der Waals surface area (Å²) in [6, 6.07) is 0.401. The molecule has 1 aliphatic rings. The first-order chi connectivity index (χ1) is 7.54. The number of carboxylic acids is 1. The molecule has 1 aliphatic carbocycles. The summed E-state index contributed by atoms with van der Waals surface area (Å²) in [5.74, 6) is 0.560. The SMILES string of the molecule is C=CCN(CC(=O)O)C1CC(C)CCC1C. The van der Waals surface area contributed by atoms with E-state index in [4.69, 9.17) is 5.11 Å². The van der Waals surface area contributed by atoms with Crippen LogP contribution in [0.25, 0.3) is 0 Å². The molecule has 0 saturated heterocycles. The number of nitrogens with zero attached hydrogens (tertiary/aromatic N) is 1. The minimum atomic E-state index is -0.743. The summed E-state index contributed by atoms with van der Waals surface area (Å²) >= 11 is 0. The number of hydrogen-bond acceptors (Lipinski definition) is 2. The van der Waals surface area contributed by atoms with Crippen molar-refractivity contribution in [3.8, 4) is 0 Å². The smallest absolute Gasteiger partial charge is 0.317 e. The van der Waals surface area contributed by atoms with E-state index in [0.717, 1.165) is 6.42 Å². The molecule has 1 fully saturated rings. The fourth-order valence-electron chi connectivity index (χ4n) is 2.67. The predicted octanol–water partition coefficient (Wildman–Crippen LogP) is 2.38. The van der Waals surface area contributed by atoms with Crippen molar-refractivity contribution in [1.29, 1.82) is 0 Å². The van der Waals surface area contributed by atoms with Crippen molar-refractivity contribution in [3.05, 3.63) is 12.7 Å². The lowest BCUT2D eigenvalue weighted by Gasteiger charge is -2.39. The Labute approximate surface area is 98.1 Å². The van der Waals surface area contributed by atoms with E-state index < -0.39 is 5.97 Å². The molecule has 16 heavy (non-hydrogen) atoms. The molecule has 3 unspecified atom stereocenters. The molecule has 1 saturated carbocycles. The summed E-state index contributed by atoms with van der Waals surface area (Å²) in [5, 5.41) is 8.92. The van der Waals surface area contributed by atoms with Crippen LogP contribution in [-0.2, 0) is 4.79 Å². The van der Waals surface area contributed by atoms with Crippen molar-refractivity contribution >= 4 is 5.97 Å². The number of aliphatic carboxylic acids is 1. The Kier molecular flexibility index (Phi) is 5.00. The van der Waals surface area contributed by atoms with Gasteiger partial charge in [0.25, 0.3) is 0 Å². The van der Waals surface area contributed by atoms with Crippen LogP contribution in [0.2, 0.25) is 0 Å². The molecule has 0 radical (unpaired) electrons. The first-order valence-electron chi connectivity index (χ1n) is 6.11. The number of rotatable bonds is 5. The quantitative estimate of drug-likeness (QED) is 0.730. The molecule has 1 rings (SSSR count). The van der Waals surface area contributed by atoms with E-state index in [2.05, 4.69) is 25.3 Å². The maximum Gasteiger partial charge on any atom is 0.317 e. The zero-order valence-electron chi connectivity index (χ0n) is 10.4. The van der Waals surface area contributed by atoms with Crippen LogP contribution >= 0.6 is 0 Å². The normalized spacial score (nSPS) is 30.3. The highest BCUT2D eigenvalue weighted by Gasteiger charge is 2.30. The zero-order chi connectivity index (χ0) is 12.1. The van der Waals surface area contributed by atoms with Gasteiger partial charge in [0.15, 0.2) is 0 Å². The average molecular weight is 225 g/mol. The minimum Gasteiger partial charge on any atom is -0.480 e. The molecular weight excluding hydrogens is 202 g/mol. The largest absolute Gasteiger partial charge is 0.480 e. The monoisotopic (exact) mass is 225 g/mol. The Hall–Kier alpha value is -0.830. The Bertz CT molecular complexity index is 252. The van der Waals surface area contributed by atoms with Crippen molar-refractivity contribution in [2.24, 2.45) is 11.8 Å². The third kappa shape index (κ3) is 3.63. The lowest BCUT2D eigenvalue weighted by Crippen LogP contribution is -2.45. The van der Waals surface area contributed by atoms with Gasteiger partial charge in [-0.2, -0.15) is 0 Å². The molecule has 0 aromatic heterocycles. The van der Waals surface area contributed by atoms with E-state index in [1.54, 1.807) is 6.08 Å². The van der Waals surface area contributed by atoms with E-state index in [-0.39, 0.29) is 6.54 Å². The van der Waals surface area contributed by atoms with Crippen LogP contribution < -0.4 is 0 Å².